The van der Waals surface area contributed by atoms with Crippen molar-refractivity contribution >= 4 is 6.03 Å². The van der Waals surface area contributed by atoms with Gasteiger partial charge in [0.25, 0.3) is 0 Å². The molecule has 0 saturated heterocycles. The fraction of sp³-hybridized carbons (Fsp3) is 0.222. The first-order valence-corrected chi connectivity index (χ1v) is 7.98. The Hall–Kier alpha value is -3.22. The van der Waals surface area contributed by atoms with Gasteiger partial charge in [-0.2, -0.15) is 0 Å². The van der Waals surface area contributed by atoms with Crippen LogP contribution in [0, 0.1) is 0 Å². The fourth-order valence-corrected chi connectivity index (χ4v) is 2.47. The number of hydrogen-bond donors (Lipinski definition) is 1. The maximum absolute atomic E-state index is 12.4. The maximum Gasteiger partial charge on any atom is 0.317 e. The fourth-order valence-electron chi connectivity index (χ4n) is 2.47. The average molecular weight is 336 g/mol. The first kappa shape index (κ1) is 16.6. The van der Waals surface area contributed by atoms with E-state index in [1.165, 1.54) is 0 Å². The molecule has 0 spiro atoms. The molecule has 3 aromatic rings. The molecule has 0 unspecified atom stereocenters. The Morgan fingerprint density at radius 3 is 2.88 bits per heavy atom. The molecule has 1 N–H and O–H groups in total. The SMILES string of the molecule is C[C@@H](NC(=O)N(C)Cc1cnccn1)c1cccc(-n2ccnc2)c1. The molecule has 0 fully saturated rings. The van der Waals surface area contributed by atoms with Gasteiger partial charge in [-0.25, -0.2) is 9.78 Å². The molecule has 25 heavy (non-hydrogen) atoms. The molecule has 2 heterocycles. The lowest BCUT2D eigenvalue weighted by Crippen LogP contribution is -2.38. The highest BCUT2D eigenvalue weighted by Crippen LogP contribution is 2.17. The van der Waals surface area contributed by atoms with Crippen LogP contribution in [0.2, 0.25) is 0 Å². The molecule has 1 atom stereocenters. The summed E-state index contributed by atoms with van der Waals surface area (Å²) in [7, 11) is 1.73. The smallest absolute Gasteiger partial charge is 0.317 e. The largest absolute Gasteiger partial charge is 0.331 e. The van der Waals surface area contributed by atoms with E-state index in [1.54, 1.807) is 43.1 Å². The molecule has 7 nitrogen and oxygen atoms in total. The number of imidazole rings is 1. The third kappa shape index (κ3) is 4.20. The first-order chi connectivity index (χ1) is 12.1. The summed E-state index contributed by atoms with van der Waals surface area (Å²) >= 11 is 0. The minimum absolute atomic E-state index is 0.125. The van der Waals surface area contributed by atoms with Crippen molar-refractivity contribution in [3.05, 3.63) is 72.8 Å². The Labute approximate surface area is 146 Å². The van der Waals surface area contributed by atoms with Crippen LogP contribution in [-0.4, -0.2) is 37.5 Å². The second-order valence-electron chi connectivity index (χ2n) is 5.79. The highest BCUT2D eigenvalue weighted by atomic mass is 16.2. The van der Waals surface area contributed by atoms with Gasteiger partial charge in [0.1, 0.15) is 0 Å². The lowest BCUT2D eigenvalue weighted by Gasteiger charge is -2.21. The minimum Gasteiger partial charge on any atom is -0.331 e. The highest BCUT2D eigenvalue weighted by molar-refractivity contribution is 5.74. The van der Waals surface area contributed by atoms with E-state index in [2.05, 4.69) is 20.3 Å². The summed E-state index contributed by atoms with van der Waals surface area (Å²) in [5.41, 5.74) is 2.77. The molecule has 3 rings (SSSR count). The third-order valence-electron chi connectivity index (χ3n) is 3.88. The second kappa shape index (κ2) is 7.57. The van der Waals surface area contributed by atoms with Crippen LogP contribution in [0.3, 0.4) is 0 Å². The van der Waals surface area contributed by atoms with Crippen molar-refractivity contribution in [3.63, 3.8) is 0 Å². The van der Waals surface area contributed by atoms with Gasteiger partial charge in [-0.05, 0) is 24.6 Å². The van der Waals surface area contributed by atoms with E-state index >= 15 is 0 Å². The van der Waals surface area contributed by atoms with Crippen LogP contribution in [0.15, 0.2) is 61.6 Å². The topological polar surface area (TPSA) is 75.9 Å². The van der Waals surface area contributed by atoms with E-state index in [4.69, 9.17) is 0 Å². The molecule has 0 aliphatic heterocycles. The summed E-state index contributed by atoms with van der Waals surface area (Å²) < 4.78 is 1.93. The van der Waals surface area contributed by atoms with Crippen LogP contribution in [0.5, 0.6) is 0 Å². The van der Waals surface area contributed by atoms with Gasteiger partial charge in [0.2, 0.25) is 0 Å². The molecule has 2 amide bonds. The van der Waals surface area contributed by atoms with Crippen LogP contribution < -0.4 is 5.32 Å². The predicted octanol–water partition coefficient (Wildman–Crippen LogP) is 2.56. The molecule has 0 bridgehead atoms. The van der Waals surface area contributed by atoms with E-state index in [0.29, 0.717) is 6.54 Å². The van der Waals surface area contributed by atoms with Gasteiger partial charge >= 0.3 is 6.03 Å². The van der Waals surface area contributed by atoms with Gasteiger partial charge in [-0.3, -0.25) is 9.97 Å². The molecule has 0 aliphatic rings. The number of carbonyl (C=O) groups is 1. The highest BCUT2D eigenvalue weighted by Gasteiger charge is 2.14. The van der Waals surface area contributed by atoms with Crippen molar-refractivity contribution in [1.29, 1.82) is 0 Å². The van der Waals surface area contributed by atoms with Crippen molar-refractivity contribution in [2.24, 2.45) is 0 Å². The predicted molar refractivity (Wildman–Crippen MR) is 94.0 cm³/mol. The van der Waals surface area contributed by atoms with Crippen molar-refractivity contribution in [3.8, 4) is 5.69 Å². The first-order valence-electron chi connectivity index (χ1n) is 7.98. The van der Waals surface area contributed by atoms with Gasteiger partial charge in [-0.15, -0.1) is 0 Å². The van der Waals surface area contributed by atoms with E-state index in [9.17, 15) is 4.79 Å². The van der Waals surface area contributed by atoms with Crippen molar-refractivity contribution in [2.45, 2.75) is 19.5 Å². The Morgan fingerprint density at radius 1 is 1.28 bits per heavy atom. The molecule has 0 aliphatic carbocycles. The molecular formula is C18H20N6O. The Bertz CT molecular complexity index is 819. The van der Waals surface area contributed by atoms with Crippen molar-refractivity contribution in [2.75, 3.05) is 7.05 Å². The van der Waals surface area contributed by atoms with Crippen LogP contribution in [0.4, 0.5) is 4.79 Å². The Balaban J connectivity index is 1.64. The molecule has 0 radical (unpaired) electrons. The monoisotopic (exact) mass is 336 g/mol. The third-order valence-corrected chi connectivity index (χ3v) is 3.88. The number of urea groups is 1. The average Bonchev–Trinajstić information content (AvgIpc) is 3.17. The standard InChI is InChI=1S/C18H20N6O/c1-14(15-4-3-5-17(10-15)24-9-8-20-13-24)22-18(25)23(2)12-16-11-19-6-7-21-16/h3-11,13-14H,12H2,1-2H3,(H,22,25)/t14-/m1/s1. The number of aromatic nitrogens is 4. The number of amides is 2. The van der Waals surface area contributed by atoms with Crippen LogP contribution in [0.1, 0.15) is 24.2 Å². The van der Waals surface area contributed by atoms with Crippen LogP contribution in [0.25, 0.3) is 5.69 Å². The normalized spacial score (nSPS) is 11.8. The Morgan fingerprint density at radius 2 is 2.16 bits per heavy atom. The lowest BCUT2D eigenvalue weighted by molar-refractivity contribution is 0.203. The molecule has 0 saturated carbocycles. The molecule has 1 aromatic carbocycles. The van der Waals surface area contributed by atoms with Crippen molar-refractivity contribution in [1.82, 2.24) is 29.7 Å². The van der Waals surface area contributed by atoms with E-state index in [0.717, 1.165) is 16.9 Å². The van der Waals surface area contributed by atoms with Gasteiger partial charge in [0.05, 0.1) is 30.8 Å². The summed E-state index contributed by atoms with van der Waals surface area (Å²) in [5.74, 6) is 0. The number of carbonyl (C=O) groups excluding carboxylic acids is 1. The second-order valence-corrected chi connectivity index (χ2v) is 5.79. The zero-order valence-corrected chi connectivity index (χ0v) is 14.2. The van der Waals surface area contributed by atoms with Crippen LogP contribution >= 0.6 is 0 Å². The van der Waals surface area contributed by atoms with E-state index in [1.807, 2.05) is 42.0 Å². The minimum atomic E-state index is -0.161. The molecule has 128 valence electrons. The van der Waals surface area contributed by atoms with Gasteiger partial charge < -0.3 is 14.8 Å². The summed E-state index contributed by atoms with van der Waals surface area (Å²) in [5, 5.41) is 3.00. The number of nitrogens with one attached hydrogen (secondary N) is 1. The molecular weight excluding hydrogens is 316 g/mol. The number of rotatable bonds is 5. The zero-order valence-electron chi connectivity index (χ0n) is 14.2. The van der Waals surface area contributed by atoms with Gasteiger partial charge in [-0.1, -0.05) is 12.1 Å². The summed E-state index contributed by atoms with van der Waals surface area (Å²) in [6, 6.07) is 7.71. The lowest BCUT2D eigenvalue weighted by atomic mass is 10.1. The summed E-state index contributed by atoms with van der Waals surface area (Å²) in [6.45, 7) is 2.36. The maximum atomic E-state index is 12.4. The number of nitrogens with zero attached hydrogens (tertiary/aromatic N) is 5. The zero-order chi connectivity index (χ0) is 17.6. The number of hydrogen-bond acceptors (Lipinski definition) is 4. The van der Waals surface area contributed by atoms with E-state index < -0.39 is 0 Å². The van der Waals surface area contributed by atoms with Gasteiger partial charge in [0.15, 0.2) is 0 Å². The molecule has 7 heteroatoms. The Kier molecular flexibility index (Phi) is 5.03. The molecule has 2 aromatic heterocycles. The summed E-state index contributed by atoms with van der Waals surface area (Å²) in [6.07, 6.45) is 10.2. The number of benzene rings is 1. The quantitative estimate of drug-likeness (QED) is 0.777. The van der Waals surface area contributed by atoms with Crippen LogP contribution in [-0.2, 0) is 6.54 Å². The van der Waals surface area contributed by atoms with E-state index in [-0.39, 0.29) is 12.1 Å². The van der Waals surface area contributed by atoms with Gasteiger partial charge in [0, 0.05) is 37.5 Å². The summed E-state index contributed by atoms with van der Waals surface area (Å²) in [4.78, 5) is 26.2. The van der Waals surface area contributed by atoms with Crippen molar-refractivity contribution < 1.29 is 4.79 Å².